The second-order valence-electron chi connectivity index (χ2n) is 6.51. The van der Waals surface area contributed by atoms with Crippen molar-refractivity contribution >= 4 is 29.1 Å². The van der Waals surface area contributed by atoms with Crippen molar-refractivity contribution in [1.29, 1.82) is 0 Å². The van der Waals surface area contributed by atoms with Crippen molar-refractivity contribution in [1.82, 2.24) is 5.16 Å². The highest BCUT2D eigenvalue weighted by Crippen LogP contribution is 2.41. The van der Waals surface area contributed by atoms with Gasteiger partial charge in [0.25, 0.3) is 0 Å². The lowest BCUT2D eigenvalue weighted by Crippen LogP contribution is -2.07. The Bertz CT molecular complexity index is 962. The lowest BCUT2D eigenvalue weighted by molar-refractivity contribution is 0.103. The van der Waals surface area contributed by atoms with E-state index in [0.717, 1.165) is 29.7 Å². The lowest BCUT2D eigenvalue weighted by Gasteiger charge is -2.12. The smallest absolute Gasteiger partial charge is 0.198 e. The van der Waals surface area contributed by atoms with Crippen molar-refractivity contribution in [2.45, 2.75) is 30.1 Å². The number of rotatable bonds is 6. The Balaban J connectivity index is 1.70. The van der Waals surface area contributed by atoms with Crippen LogP contribution in [0, 0.1) is 0 Å². The summed E-state index contributed by atoms with van der Waals surface area (Å²) in [6.07, 6.45) is 6.34. The number of halogens is 1. The molecule has 1 fully saturated rings. The second-order valence-corrected chi connectivity index (χ2v) is 7.79. The van der Waals surface area contributed by atoms with Crippen molar-refractivity contribution in [2.24, 2.45) is 0 Å². The maximum Gasteiger partial charge on any atom is 0.198 e. The molecule has 26 heavy (non-hydrogen) atoms. The van der Waals surface area contributed by atoms with Crippen LogP contribution < -0.4 is 0 Å². The van der Waals surface area contributed by atoms with Gasteiger partial charge in [0.2, 0.25) is 0 Å². The third kappa shape index (κ3) is 3.44. The summed E-state index contributed by atoms with van der Waals surface area (Å²) in [6, 6.07) is 13.6. The summed E-state index contributed by atoms with van der Waals surface area (Å²) < 4.78 is 5.11. The predicted octanol–water partition coefficient (Wildman–Crippen LogP) is 5.75. The standard InChI is InChI=1S/C21H18ClNO2S/c1-26-19-9-8-16(22)11-15(19)10-14-4-2-3-5-17(14)21(24)18-12-25-23-20(18)13-6-7-13/h2-5,8-9,11-13H,6-7,10H2,1H3. The van der Waals surface area contributed by atoms with Gasteiger partial charge in [-0.25, -0.2) is 0 Å². The maximum absolute atomic E-state index is 13.2. The van der Waals surface area contributed by atoms with Crippen molar-refractivity contribution in [2.75, 3.05) is 6.26 Å². The van der Waals surface area contributed by atoms with Gasteiger partial charge in [-0.3, -0.25) is 4.79 Å². The molecule has 1 saturated carbocycles. The quantitative estimate of drug-likeness (QED) is 0.401. The summed E-state index contributed by atoms with van der Waals surface area (Å²) >= 11 is 7.87. The van der Waals surface area contributed by atoms with Crippen LogP contribution in [0.4, 0.5) is 0 Å². The molecule has 0 aliphatic heterocycles. The molecule has 1 aromatic heterocycles. The van der Waals surface area contributed by atoms with E-state index in [-0.39, 0.29) is 5.78 Å². The Morgan fingerprint density at radius 1 is 1.19 bits per heavy atom. The number of thioether (sulfide) groups is 1. The molecule has 0 amide bonds. The van der Waals surface area contributed by atoms with E-state index < -0.39 is 0 Å². The fourth-order valence-corrected chi connectivity index (χ4v) is 3.99. The number of hydrogen-bond acceptors (Lipinski definition) is 4. The molecular weight excluding hydrogens is 366 g/mol. The molecule has 0 spiro atoms. The highest BCUT2D eigenvalue weighted by molar-refractivity contribution is 7.98. The molecule has 0 saturated heterocycles. The highest BCUT2D eigenvalue weighted by atomic mass is 35.5. The number of nitrogens with zero attached hydrogens (tertiary/aromatic N) is 1. The monoisotopic (exact) mass is 383 g/mol. The Hall–Kier alpha value is -2.04. The summed E-state index contributed by atoms with van der Waals surface area (Å²) in [4.78, 5) is 14.3. The normalized spacial score (nSPS) is 13.8. The summed E-state index contributed by atoms with van der Waals surface area (Å²) in [7, 11) is 0. The first-order valence-electron chi connectivity index (χ1n) is 8.56. The molecule has 1 heterocycles. The van der Waals surface area contributed by atoms with E-state index >= 15 is 0 Å². The van der Waals surface area contributed by atoms with Gasteiger partial charge in [-0.05, 0) is 54.8 Å². The Labute approximate surface area is 161 Å². The molecule has 3 nitrogen and oxygen atoms in total. The minimum absolute atomic E-state index is 0.0171. The SMILES string of the molecule is CSc1ccc(Cl)cc1Cc1ccccc1C(=O)c1conc1C1CC1. The van der Waals surface area contributed by atoms with E-state index in [1.165, 1.54) is 11.2 Å². The average Bonchev–Trinajstić information content (AvgIpc) is 3.38. The van der Waals surface area contributed by atoms with Crippen molar-refractivity contribution in [3.8, 4) is 0 Å². The van der Waals surface area contributed by atoms with E-state index in [1.54, 1.807) is 11.8 Å². The molecule has 0 radical (unpaired) electrons. The van der Waals surface area contributed by atoms with Gasteiger partial charge >= 0.3 is 0 Å². The molecule has 0 atom stereocenters. The first-order valence-corrected chi connectivity index (χ1v) is 10.2. The van der Waals surface area contributed by atoms with Gasteiger partial charge in [-0.1, -0.05) is 41.0 Å². The zero-order valence-corrected chi connectivity index (χ0v) is 15.9. The van der Waals surface area contributed by atoms with Gasteiger partial charge in [-0.15, -0.1) is 11.8 Å². The molecule has 5 heteroatoms. The largest absolute Gasteiger partial charge is 0.364 e. The summed E-state index contributed by atoms with van der Waals surface area (Å²) in [5, 5.41) is 4.77. The fourth-order valence-electron chi connectivity index (χ4n) is 3.20. The zero-order valence-electron chi connectivity index (χ0n) is 14.4. The average molecular weight is 384 g/mol. The van der Waals surface area contributed by atoms with Crippen LogP contribution in [0.15, 0.2) is 58.1 Å². The van der Waals surface area contributed by atoms with Crippen LogP contribution in [-0.2, 0) is 6.42 Å². The van der Waals surface area contributed by atoms with E-state index in [4.69, 9.17) is 16.1 Å². The molecule has 3 aromatic rings. The van der Waals surface area contributed by atoms with E-state index in [1.807, 2.05) is 48.7 Å². The van der Waals surface area contributed by atoms with E-state index in [9.17, 15) is 4.79 Å². The second kappa shape index (κ2) is 7.29. The summed E-state index contributed by atoms with van der Waals surface area (Å²) in [5.41, 5.74) is 4.20. The third-order valence-corrected chi connectivity index (χ3v) is 5.76. The van der Waals surface area contributed by atoms with Gasteiger partial charge in [0.15, 0.2) is 5.78 Å². The van der Waals surface area contributed by atoms with Crippen LogP contribution in [0.5, 0.6) is 0 Å². The van der Waals surface area contributed by atoms with E-state index in [2.05, 4.69) is 5.16 Å². The minimum atomic E-state index is -0.0171. The highest BCUT2D eigenvalue weighted by Gasteiger charge is 2.32. The molecule has 0 unspecified atom stereocenters. The number of benzene rings is 2. The van der Waals surface area contributed by atoms with Crippen LogP contribution in [0.2, 0.25) is 5.02 Å². The van der Waals surface area contributed by atoms with Gasteiger partial charge in [0.1, 0.15) is 6.26 Å². The van der Waals surface area contributed by atoms with Crippen LogP contribution in [0.25, 0.3) is 0 Å². The van der Waals surface area contributed by atoms with Crippen molar-refractivity contribution < 1.29 is 9.32 Å². The Kier molecular flexibility index (Phi) is 4.88. The third-order valence-electron chi connectivity index (χ3n) is 4.69. The number of aromatic nitrogens is 1. The van der Waals surface area contributed by atoms with Crippen molar-refractivity contribution in [3.63, 3.8) is 0 Å². The van der Waals surface area contributed by atoms with Crippen LogP contribution >= 0.6 is 23.4 Å². The molecule has 1 aliphatic rings. The zero-order chi connectivity index (χ0) is 18.1. The molecule has 2 aromatic carbocycles. The minimum Gasteiger partial charge on any atom is -0.364 e. The number of ketones is 1. The molecule has 0 N–H and O–H groups in total. The van der Waals surface area contributed by atoms with Crippen molar-refractivity contribution in [3.05, 3.63) is 81.7 Å². The molecule has 4 rings (SSSR count). The van der Waals surface area contributed by atoms with Gasteiger partial charge in [-0.2, -0.15) is 0 Å². The fraction of sp³-hybridized carbons (Fsp3) is 0.238. The lowest BCUT2D eigenvalue weighted by atomic mass is 9.94. The van der Waals surface area contributed by atoms with Crippen LogP contribution in [0.3, 0.4) is 0 Å². The summed E-state index contributed by atoms with van der Waals surface area (Å²) in [5.74, 6) is 0.354. The summed E-state index contributed by atoms with van der Waals surface area (Å²) in [6.45, 7) is 0. The van der Waals surface area contributed by atoms with Gasteiger partial charge in [0.05, 0.1) is 11.3 Å². The molecule has 0 bridgehead atoms. The maximum atomic E-state index is 13.2. The number of carbonyl (C=O) groups excluding carboxylic acids is 1. The molecule has 1 aliphatic carbocycles. The molecular formula is C21H18ClNO2S. The number of carbonyl (C=O) groups is 1. The topological polar surface area (TPSA) is 43.1 Å². The number of hydrogen-bond donors (Lipinski definition) is 0. The molecule has 132 valence electrons. The Morgan fingerprint density at radius 3 is 2.77 bits per heavy atom. The predicted molar refractivity (Wildman–Crippen MR) is 104 cm³/mol. The van der Waals surface area contributed by atoms with Crippen LogP contribution in [-0.4, -0.2) is 17.2 Å². The van der Waals surface area contributed by atoms with Crippen LogP contribution in [0.1, 0.15) is 51.5 Å². The first kappa shape index (κ1) is 17.4. The van der Waals surface area contributed by atoms with E-state index in [0.29, 0.717) is 28.5 Å². The first-order chi connectivity index (χ1) is 12.7. The Morgan fingerprint density at radius 2 is 2.00 bits per heavy atom. The van der Waals surface area contributed by atoms with Gasteiger partial charge in [0, 0.05) is 21.4 Å². The van der Waals surface area contributed by atoms with Gasteiger partial charge < -0.3 is 4.52 Å².